The molecular weight excluding hydrogens is 207 g/mol. The molecule has 84 valence electrons. The van der Waals surface area contributed by atoms with Crippen LogP contribution in [0.1, 0.15) is 17.5 Å². The number of hydrogen-bond donors (Lipinski definition) is 2. The van der Waals surface area contributed by atoms with Gasteiger partial charge in [0.1, 0.15) is 11.4 Å². The minimum Gasteiger partial charge on any atom is -0.395 e. The van der Waals surface area contributed by atoms with E-state index in [2.05, 4.69) is 11.4 Å². The van der Waals surface area contributed by atoms with Gasteiger partial charge >= 0.3 is 0 Å². The average Bonchev–Trinajstić information content (AvgIpc) is 2.65. The van der Waals surface area contributed by atoms with Crippen LogP contribution in [0.4, 0.5) is 4.39 Å². The molecule has 0 saturated carbocycles. The summed E-state index contributed by atoms with van der Waals surface area (Å²) in [5, 5.41) is 21.1. The van der Waals surface area contributed by atoms with Crippen molar-refractivity contribution in [2.75, 3.05) is 13.2 Å². The number of aliphatic hydroxyl groups excluding tert-OH is 1. The third-order valence-corrected chi connectivity index (χ3v) is 3.03. The van der Waals surface area contributed by atoms with E-state index in [0.29, 0.717) is 19.4 Å². The maximum atomic E-state index is 13.0. The van der Waals surface area contributed by atoms with E-state index >= 15 is 0 Å². The van der Waals surface area contributed by atoms with Crippen molar-refractivity contribution in [1.82, 2.24) is 5.32 Å². The molecule has 0 aliphatic heterocycles. The van der Waals surface area contributed by atoms with Crippen LogP contribution < -0.4 is 5.32 Å². The van der Waals surface area contributed by atoms with E-state index in [1.807, 2.05) is 0 Å². The van der Waals surface area contributed by atoms with Crippen molar-refractivity contribution in [3.8, 4) is 6.07 Å². The zero-order valence-corrected chi connectivity index (χ0v) is 8.83. The maximum Gasteiger partial charge on any atom is 0.132 e. The van der Waals surface area contributed by atoms with Crippen LogP contribution in [-0.2, 0) is 12.0 Å². The summed E-state index contributed by atoms with van der Waals surface area (Å²) in [6.07, 6.45) is 1.32. The third-order valence-electron chi connectivity index (χ3n) is 3.03. The monoisotopic (exact) mass is 220 g/mol. The molecule has 1 unspecified atom stereocenters. The fraction of sp³-hybridized carbons (Fsp3) is 0.417. The molecule has 0 spiro atoms. The summed E-state index contributed by atoms with van der Waals surface area (Å²) in [6, 6.07) is 6.75. The van der Waals surface area contributed by atoms with Crippen LogP contribution in [0.15, 0.2) is 18.2 Å². The summed E-state index contributed by atoms with van der Waals surface area (Å²) in [6.45, 7) is 0.352. The highest BCUT2D eigenvalue weighted by Gasteiger charge is 2.38. The number of nitrogens with zero attached hydrogens (tertiary/aromatic N) is 1. The predicted octanol–water partition coefficient (Wildman–Crippen LogP) is 1.07. The Morgan fingerprint density at radius 2 is 2.38 bits per heavy atom. The molecule has 1 aliphatic carbocycles. The minimum atomic E-state index is -0.758. The summed E-state index contributed by atoms with van der Waals surface area (Å²) in [7, 11) is 0. The fourth-order valence-electron chi connectivity index (χ4n) is 2.25. The molecule has 0 aromatic heterocycles. The molecule has 0 radical (unpaired) electrons. The second-order valence-electron chi connectivity index (χ2n) is 3.97. The van der Waals surface area contributed by atoms with Crippen molar-refractivity contribution in [1.29, 1.82) is 5.26 Å². The molecule has 1 atom stereocenters. The van der Waals surface area contributed by atoms with Gasteiger partial charge in [0.25, 0.3) is 0 Å². The van der Waals surface area contributed by atoms with E-state index in [1.165, 1.54) is 12.1 Å². The van der Waals surface area contributed by atoms with E-state index < -0.39 is 5.54 Å². The number of nitrogens with one attached hydrogen (secondary N) is 1. The molecule has 0 fully saturated rings. The van der Waals surface area contributed by atoms with Gasteiger partial charge in [-0.25, -0.2) is 4.39 Å². The first kappa shape index (κ1) is 11.1. The third kappa shape index (κ3) is 1.69. The van der Waals surface area contributed by atoms with Crippen molar-refractivity contribution in [2.24, 2.45) is 0 Å². The van der Waals surface area contributed by atoms with Gasteiger partial charge in [-0.1, -0.05) is 6.07 Å². The lowest BCUT2D eigenvalue weighted by Crippen LogP contribution is -2.40. The number of aliphatic hydroxyl groups is 1. The number of aryl methyl sites for hydroxylation is 1. The zero-order valence-electron chi connectivity index (χ0n) is 8.83. The average molecular weight is 220 g/mol. The molecular formula is C12H13FN2O. The Morgan fingerprint density at radius 1 is 1.56 bits per heavy atom. The van der Waals surface area contributed by atoms with Crippen LogP contribution in [0.5, 0.6) is 0 Å². The summed E-state index contributed by atoms with van der Waals surface area (Å²) in [5.41, 5.74) is 0.961. The number of halogens is 1. The van der Waals surface area contributed by atoms with Gasteiger partial charge in [0.2, 0.25) is 0 Å². The molecule has 1 aromatic rings. The van der Waals surface area contributed by atoms with Crippen molar-refractivity contribution < 1.29 is 9.50 Å². The second-order valence-corrected chi connectivity index (χ2v) is 3.97. The van der Waals surface area contributed by atoms with Gasteiger partial charge in [-0.3, -0.25) is 5.32 Å². The van der Waals surface area contributed by atoms with Crippen LogP contribution >= 0.6 is 0 Å². The molecule has 2 N–H and O–H groups in total. The molecule has 0 saturated heterocycles. The topological polar surface area (TPSA) is 56.0 Å². The summed E-state index contributed by atoms with van der Waals surface area (Å²) >= 11 is 0. The first-order chi connectivity index (χ1) is 7.72. The lowest BCUT2D eigenvalue weighted by Gasteiger charge is -2.23. The van der Waals surface area contributed by atoms with E-state index in [9.17, 15) is 9.65 Å². The highest BCUT2D eigenvalue weighted by Crippen LogP contribution is 2.36. The number of nitriles is 1. The minimum absolute atomic E-state index is 0.0139. The molecule has 3 nitrogen and oxygen atoms in total. The molecule has 4 heteroatoms. The Morgan fingerprint density at radius 3 is 3.06 bits per heavy atom. The fourth-order valence-corrected chi connectivity index (χ4v) is 2.25. The SMILES string of the molecule is N#CC1(NCCO)CCc2cc(F)ccc21. The summed E-state index contributed by atoms with van der Waals surface area (Å²) in [4.78, 5) is 0. The lowest BCUT2D eigenvalue weighted by atomic mass is 9.93. The van der Waals surface area contributed by atoms with E-state index in [4.69, 9.17) is 5.11 Å². The van der Waals surface area contributed by atoms with E-state index in [0.717, 1.165) is 11.1 Å². The summed E-state index contributed by atoms with van der Waals surface area (Å²) < 4.78 is 13.0. The molecule has 0 bridgehead atoms. The number of benzene rings is 1. The van der Waals surface area contributed by atoms with Gasteiger partial charge < -0.3 is 5.11 Å². The van der Waals surface area contributed by atoms with Crippen molar-refractivity contribution >= 4 is 0 Å². The first-order valence-electron chi connectivity index (χ1n) is 5.28. The molecule has 2 rings (SSSR count). The smallest absolute Gasteiger partial charge is 0.132 e. The predicted molar refractivity (Wildman–Crippen MR) is 57.1 cm³/mol. The Labute approximate surface area is 93.5 Å². The molecule has 0 heterocycles. The Kier molecular flexibility index (Phi) is 2.90. The molecule has 16 heavy (non-hydrogen) atoms. The number of hydrogen-bond acceptors (Lipinski definition) is 3. The summed E-state index contributed by atoms with van der Waals surface area (Å²) in [5.74, 6) is -0.269. The van der Waals surface area contributed by atoms with E-state index in [-0.39, 0.29) is 12.4 Å². The van der Waals surface area contributed by atoms with Crippen molar-refractivity contribution in [3.05, 3.63) is 35.1 Å². The molecule has 1 aliphatic rings. The van der Waals surface area contributed by atoms with Crippen LogP contribution in [0.25, 0.3) is 0 Å². The van der Waals surface area contributed by atoms with Crippen LogP contribution in [0.2, 0.25) is 0 Å². The standard InChI is InChI=1S/C12H13FN2O/c13-10-1-2-11-9(7-10)3-4-12(11,8-14)15-5-6-16/h1-2,7,15-16H,3-6H2. The molecule has 0 amide bonds. The van der Waals surface area contributed by atoms with Gasteiger partial charge in [0.15, 0.2) is 0 Å². The van der Waals surface area contributed by atoms with Gasteiger partial charge in [0, 0.05) is 6.54 Å². The van der Waals surface area contributed by atoms with Crippen molar-refractivity contribution in [3.63, 3.8) is 0 Å². The normalized spacial score (nSPS) is 22.8. The van der Waals surface area contributed by atoms with Gasteiger partial charge in [-0.15, -0.1) is 0 Å². The zero-order chi connectivity index (χ0) is 11.6. The number of rotatable bonds is 3. The number of fused-ring (bicyclic) bond motifs is 1. The highest BCUT2D eigenvalue weighted by atomic mass is 19.1. The largest absolute Gasteiger partial charge is 0.395 e. The van der Waals surface area contributed by atoms with Crippen LogP contribution in [0.3, 0.4) is 0 Å². The first-order valence-corrected chi connectivity index (χ1v) is 5.28. The van der Waals surface area contributed by atoms with Gasteiger partial charge in [-0.2, -0.15) is 5.26 Å². The lowest BCUT2D eigenvalue weighted by molar-refractivity contribution is 0.272. The second kappa shape index (κ2) is 4.20. The van der Waals surface area contributed by atoms with Gasteiger partial charge in [-0.05, 0) is 36.1 Å². The Bertz CT molecular complexity index is 441. The van der Waals surface area contributed by atoms with Crippen molar-refractivity contribution in [2.45, 2.75) is 18.4 Å². The Hall–Kier alpha value is -1.44. The highest BCUT2D eigenvalue weighted by molar-refractivity contribution is 5.43. The Balaban J connectivity index is 2.36. The quantitative estimate of drug-likeness (QED) is 0.801. The maximum absolute atomic E-state index is 13.0. The van der Waals surface area contributed by atoms with Crippen LogP contribution in [0, 0.1) is 17.1 Å². The van der Waals surface area contributed by atoms with Crippen LogP contribution in [-0.4, -0.2) is 18.3 Å². The molecule has 1 aromatic carbocycles. The van der Waals surface area contributed by atoms with Gasteiger partial charge in [0.05, 0.1) is 12.7 Å². The van der Waals surface area contributed by atoms with E-state index in [1.54, 1.807) is 6.07 Å².